The number of nitro benzene ring substituents is 1. The summed E-state index contributed by atoms with van der Waals surface area (Å²) >= 11 is 0. The Hall–Kier alpha value is -4.64. The molecule has 1 amide bonds. The van der Waals surface area contributed by atoms with E-state index in [0.29, 0.717) is 30.3 Å². The first-order chi connectivity index (χ1) is 16.8. The Labute approximate surface area is 203 Å². The van der Waals surface area contributed by atoms with Crippen LogP contribution in [0.25, 0.3) is 6.08 Å². The van der Waals surface area contributed by atoms with Crippen molar-refractivity contribution in [3.05, 3.63) is 98.6 Å². The lowest BCUT2D eigenvalue weighted by Gasteiger charge is -2.13. The number of nitrogens with one attached hydrogen (secondary N) is 1. The minimum Gasteiger partial charge on any atom is -0.490 e. The largest absolute Gasteiger partial charge is 0.490 e. The Morgan fingerprint density at radius 3 is 2.46 bits per heavy atom. The van der Waals surface area contributed by atoms with Gasteiger partial charge in [-0.2, -0.15) is 5.26 Å². The topological polar surface area (TPSA) is 114 Å². The fourth-order valence-corrected chi connectivity index (χ4v) is 3.53. The quantitative estimate of drug-likeness (QED) is 0.184. The van der Waals surface area contributed by atoms with E-state index < -0.39 is 10.8 Å². The number of anilines is 1. The molecule has 0 atom stereocenters. The maximum absolute atomic E-state index is 12.6. The van der Waals surface area contributed by atoms with Crippen molar-refractivity contribution in [3.8, 4) is 17.6 Å². The number of nitro groups is 1. The summed E-state index contributed by atoms with van der Waals surface area (Å²) in [6.07, 6.45) is 1.42. The van der Waals surface area contributed by atoms with E-state index in [4.69, 9.17) is 9.47 Å². The molecule has 0 aliphatic heterocycles. The minimum atomic E-state index is -0.680. The molecule has 3 aromatic carbocycles. The standard InChI is InChI=1S/C27H25N3O5/c1-4-34-26-14-20(8-9-25(26)35-17-21-11-18(2)10-19(3)12-21)13-22(16-28)27(31)29-23-6-5-7-24(15-23)30(32)33/h5-15H,4,17H2,1-3H3,(H,29,31)/b22-13+. The number of ether oxygens (including phenoxy) is 2. The zero-order chi connectivity index (χ0) is 25.4. The van der Waals surface area contributed by atoms with Crippen molar-refractivity contribution in [1.82, 2.24) is 0 Å². The molecule has 0 radical (unpaired) electrons. The Balaban J connectivity index is 1.79. The molecule has 0 aliphatic carbocycles. The molecule has 0 spiro atoms. The summed E-state index contributed by atoms with van der Waals surface area (Å²) in [5, 5.41) is 23.0. The van der Waals surface area contributed by atoms with E-state index in [1.165, 1.54) is 30.3 Å². The van der Waals surface area contributed by atoms with E-state index in [9.17, 15) is 20.2 Å². The van der Waals surface area contributed by atoms with E-state index >= 15 is 0 Å². The first-order valence-corrected chi connectivity index (χ1v) is 10.9. The third-order valence-electron chi connectivity index (χ3n) is 4.93. The lowest BCUT2D eigenvalue weighted by atomic mass is 10.1. The van der Waals surface area contributed by atoms with Crippen molar-refractivity contribution >= 4 is 23.4 Å². The van der Waals surface area contributed by atoms with Crippen LogP contribution >= 0.6 is 0 Å². The third-order valence-corrected chi connectivity index (χ3v) is 4.93. The van der Waals surface area contributed by atoms with Gasteiger partial charge in [0.05, 0.1) is 11.5 Å². The molecule has 8 heteroatoms. The van der Waals surface area contributed by atoms with Crippen LogP contribution in [0.3, 0.4) is 0 Å². The molecule has 0 aromatic heterocycles. The van der Waals surface area contributed by atoms with Gasteiger partial charge in [-0.3, -0.25) is 14.9 Å². The number of benzene rings is 3. The van der Waals surface area contributed by atoms with Crippen LogP contribution in [0.1, 0.15) is 29.2 Å². The molecule has 3 aromatic rings. The van der Waals surface area contributed by atoms with Crippen molar-refractivity contribution in [1.29, 1.82) is 5.26 Å². The number of hydrogen-bond donors (Lipinski definition) is 1. The zero-order valence-electron chi connectivity index (χ0n) is 19.7. The van der Waals surface area contributed by atoms with Gasteiger partial charge < -0.3 is 14.8 Å². The number of nitriles is 1. The van der Waals surface area contributed by atoms with Crippen molar-refractivity contribution in [2.24, 2.45) is 0 Å². The summed E-state index contributed by atoms with van der Waals surface area (Å²) in [5.74, 6) is 0.353. The molecule has 0 fully saturated rings. The molecule has 0 saturated heterocycles. The summed E-state index contributed by atoms with van der Waals surface area (Å²) in [5.41, 5.74) is 3.81. The van der Waals surface area contributed by atoms with Gasteiger partial charge in [-0.1, -0.05) is 41.5 Å². The number of amides is 1. The van der Waals surface area contributed by atoms with Gasteiger partial charge in [0.2, 0.25) is 0 Å². The van der Waals surface area contributed by atoms with Crippen molar-refractivity contribution in [2.75, 3.05) is 11.9 Å². The molecule has 35 heavy (non-hydrogen) atoms. The number of aryl methyl sites for hydroxylation is 2. The normalized spacial score (nSPS) is 10.9. The summed E-state index contributed by atoms with van der Waals surface area (Å²) < 4.78 is 11.7. The predicted octanol–water partition coefficient (Wildman–Crippen LogP) is 5.74. The highest BCUT2D eigenvalue weighted by atomic mass is 16.6. The highest BCUT2D eigenvalue weighted by molar-refractivity contribution is 6.09. The van der Waals surface area contributed by atoms with Crippen LogP contribution in [0.4, 0.5) is 11.4 Å². The first kappa shape index (κ1) is 25.0. The molecule has 0 unspecified atom stereocenters. The van der Waals surface area contributed by atoms with Crippen LogP contribution in [0, 0.1) is 35.3 Å². The van der Waals surface area contributed by atoms with Crippen LogP contribution in [0.2, 0.25) is 0 Å². The molecule has 0 bridgehead atoms. The second-order valence-electron chi connectivity index (χ2n) is 7.86. The molecule has 0 saturated carbocycles. The van der Waals surface area contributed by atoms with Gasteiger partial charge in [0.25, 0.3) is 11.6 Å². The van der Waals surface area contributed by atoms with Crippen LogP contribution in [-0.2, 0) is 11.4 Å². The fourth-order valence-electron chi connectivity index (χ4n) is 3.53. The van der Waals surface area contributed by atoms with Crippen LogP contribution in [0.5, 0.6) is 11.5 Å². The minimum absolute atomic E-state index is 0.164. The summed E-state index contributed by atoms with van der Waals surface area (Å²) in [6.45, 7) is 6.69. The average Bonchev–Trinajstić information content (AvgIpc) is 2.81. The van der Waals surface area contributed by atoms with Gasteiger partial charge in [0, 0.05) is 17.8 Å². The van der Waals surface area contributed by atoms with Gasteiger partial charge in [-0.15, -0.1) is 0 Å². The predicted molar refractivity (Wildman–Crippen MR) is 133 cm³/mol. The third kappa shape index (κ3) is 6.92. The van der Waals surface area contributed by atoms with Gasteiger partial charge in [-0.05, 0) is 56.2 Å². The number of non-ortho nitro benzene ring substituents is 1. The molecule has 1 N–H and O–H groups in total. The van der Waals surface area contributed by atoms with E-state index in [-0.39, 0.29) is 16.9 Å². The van der Waals surface area contributed by atoms with Crippen LogP contribution in [-0.4, -0.2) is 17.4 Å². The highest BCUT2D eigenvalue weighted by Crippen LogP contribution is 2.30. The fraction of sp³-hybridized carbons (Fsp3) is 0.185. The summed E-state index contributed by atoms with van der Waals surface area (Å²) in [7, 11) is 0. The Kier molecular flexibility index (Phi) is 8.20. The maximum atomic E-state index is 12.6. The molecule has 3 rings (SSSR count). The van der Waals surface area contributed by atoms with Gasteiger partial charge in [0.1, 0.15) is 18.2 Å². The molecular formula is C27H25N3O5. The average molecular weight is 472 g/mol. The second-order valence-corrected chi connectivity index (χ2v) is 7.86. The second kappa shape index (κ2) is 11.5. The van der Waals surface area contributed by atoms with E-state index in [2.05, 4.69) is 23.5 Å². The van der Waals surface area contributed by atoms with Crippen molar-refractivity contribution in [2.45, 2.75) is 27.4 Å². The van der Waals surface area contributed by atoms with Crippen molar-refractivity contribution in [3.63, 3.8) is 0 Å². The van der Waals surface area contributed by atoms with E-state index in [1.807, 2.05) is 26.8 Å². The lowest BCUT2D eigenvalue weighted by molar-refractivity contribution is -0.384. The Bertz CT molecular complexity index is 1300. The van der Waals surface area contributed by atoms with Gasteiger partial charge >= 0.3 is 0 Å². The number of carbonyl (C=O) groups is 1. The molecular weight excluding hydrogens is 446 g/mol. The van der Waals surface area contributed by atoms with Gasteiger partial charge in [0.15, 0.2) is 11.5 Å². The van der Waals surface area contributed by atoms with E-state index in [0.717, 1.165) is 16.7 Å². The molecule has 0 aliphatic rings. The summed E-state index contributed by atoms with van der Waals surface area (Å²) in [4.78, 5) is 23.0. The molecule has 178 valence electrons. The number of rotatable bonds is 9. The molecule has 8 nitrogen and oxygen atoms in total. The van der Waals surface area contributed by atoms with Crippen LogP contribution in [0.15, 0.2) is 66.2 Å². The lowest BCUT2D eigenvalue weighted by Crippen LogP contribution is -2.13. The smallest absolute Gasteiger partial charge is 0.271 e. The Morgan fingerprint density at radius 1 is 1.06 bits per heavy atom. The monoisotopic (exact) mass is 471 g/mol. The van der Waals surface area contributed by atoms with Gasteiger partial charge in [-0.25, -0.2) is 0 Å². The number of nitrogens with zero attached hydrogens (tertiary/aromatic N) is 2. The van der Waals surface area contributed by atoms with Crippen LogP contribution < -0.4 is 14.8 Å². The first-order valence-electron chi connectivity index (χ1n) is 10.9. The summed E-state index contributed by atoms with van der Waals surface area (Å²) in [6, 6.07) is 18.7. The molecule has 0 heterocycles. The number of carbonyl (C=O) groups excluding carboxylic acids is 1. The Morgan fingerprint density at radius 2 is 1.80 bits per heavy atom. The van der Waals surface area contributed by atoms with E-state index in [1.54, 1.807) is 18.2 Å². The number of hydrogen-bond acceptors (Lipinski definition) is 6. The zero-order valence-corrected chi connectivity index (χ0v) is 19.7. The SMILES string of the molecule is CCOc1cc(/C=C(\C#N)C(=O)Nc2cccc([N+](=O)[O-])c2)ccc1OCc1cc(C)cc(C)c1. The maximum Gasteiger partial charge on any atom is 0.271 e. The van der Waals surface area contributed by atoms with Crippen molar-refractivity contribution < 1.29 is 19.2 Å². The highest BCUT2D eigenvalue weighted by Gasteiger charge is 2.13.